The Balaban J connectivity index is 1.29. The maximum atomic E-state index is 13.5. The molecule has 1 aromatic carbocycles. The van der Waals surface area contributed by atoms with Crippen molar-refractivity contribution < 1.29 is 13.2 Å². The van der Waals surface area contributed by atoms with E-state index in [1.807, 2.05) is 0 Å². The van der Waals surface area contributed by atoms with Crippen molar-refractivity contribution in [3.05, 3.63) is 35.1 Å². The van der Waals surface area contributed by atoms with Crippen LogP contribution in [0.3, 0.4) is 0 Å². The molecular weight excluding hydrogens is 333 g/mol. The number of halogens is 3. The normalized spacial score (nSPS) is 33.5. The Bertz CT molecular complexity index is 581. The number of benzene rings is 1. The van der Waals surface area contributed by atoms with Crippen LogP contribution >= 0.6 is 0 Å². The van der Waals surface area contributed by atoms with Gasteiger partial charge in [0.1, 0.15) is 0 Å². The standard InChI is InChI=1S/C23H31F3/c24-21-13-20(14-22(25)23(21)26)19-11-9-18(10-12-19)17-7-5-16(6-8-17)15-3-1-2-4-15/h13-19H,1-12H2. The van der Waals surface area contributed by atoms with Gasteiger partial charge in [0.15, 0.2) is 17.5 Å². The highest BCUT2D eigenvalue weighted by atomic mass is 19.2. The van der Waals surface area contributed by atoms with Crippen molar-refractivity contribution >= 4 is 0 Å². The van der Waals surface area contributed by atoms with E-state index in [2.05, 4.69) is 0 Å². The van der Waals surface area contributed by atoms with Gasteiger partial charge in [-0.2, -0.15) is 0 Å². The van der Waals surface area contributed by atoms with Crippen molar-refractivity contribution in [3.8, 4) is 0 Å². The number of rotatable bonds is 3. The first-order valence-corrected chi connectivity index (χ1v) is 10.8. The van der Waals surface area contributed by atoms with E-state index in [4.69, 9.17) is 0 Å². The van der Waals surface area contributed by atoms with Crippen LogP contribution in [-0.4, -0.2) is 0 Å². The molecule has 0 radical (unpaired) electrons. The van der Waals surface area contributed by atoms with Crippen LogP contribution in [0.15, 0.2) is 12.1 Å². The summed E-state index contributed by atoms with van der Waals surface area (Å²) in [5, 5.41) is 0. The molecule has 3 fully saturated rings. The molecule has 26 heavy (non-hydrogen) atoms. The summed E-state index contributed by atoms with van der Waals surface area (Å²) >= 11 is 0. The minimum atomic E-state index is -1.35. The van der Waals surface area contributed by atoms with Gasteiger partial charge in [-0.3, -0.25) is 0 Å². The molecule has 0 saturated heterocycles. The van der Waals surface area contributed by atoms with E-state index >= 15 is 0 Å². The first-order chi connectivity index (χ1) is 12.6. The van der Waals surface area contributed by atoms with E-state index in [1.54, 1.807) is 0 Å². The molecule has 0 aliphatic heterocycles. The molecule has 1 aromatic rings. The Morgan fingerprint density at radius 3 is 1.38 bits per heavy atom. The first-order valence-electron chi connectivity index (χ1n) is 10.8. The van der Waals surface area contributed by atoms with Crippen LogP contribution in [0.2, 0.25) is 0 Å². The van der Waals surface area contributed by atoms with E-state index in [0.717, 1.165) is 49.4 Å². The minimum absolute atomic E-state index is 0.186. The van der Waals surface area contributed by atoms with Crippen molar-refractivity contribution in [3.63, 3.8) is 0 Å². The molecule has 3 aliphatic carbocycles. The SMILES string of the molecule is Fc1cc(C2CCC(C3CCC(C4CCCC4)CC3)CC2)cc(F)c1F. The molecule has 0 unspecified atom stereocenters. The molecule has 0 N–H and O–H groups in total. The van der Waals surface area contributed by atoms with Gasteiger partial charge in [-0.25, -0.2) is 13.2 Å². The lowest BCUT2D eigenvalue weighted by Crippen LogP contribution is -2.27. The van der Waals surface area contributed by atoms with E-state index in [9.17, 15) is 13.2 Å². The van der Waals surface area contributed by atoms with E-state index in [-0.39, 0.29) is 5.92 Å². The molecule has 0 heterocycles. The maximum absolute atomic E-state index is 13.5. The van der Waals surface area contributed by atoms with Crippen molar-refractivity contribution in [2.24, 2.45) is 23.7 Å². The molecular formula is C23H31F3. The summed E-state index contributed by atoms with van der Waals surface area (Å²) in [6.45, 7) is 0. The summed E-state index contributed by atoms with van der Waals surface area (Å²) in [7, 11) is 0. The Morgan fingerprint density at radius 1 is 0.538 bits per heavy atom. The van der Waals surface area contributed by atoms with Crippen LogP contribution in [0, 0.1) is 41.1 Å². The van der Waals surface area contributed by atoms with Gasteiger partial charge in [-0.05, 0) is 98.7 Å². The fraction of sp³-hybridized carbons (Fsp3) is 0.739. The summed E-state index contributed by atoms with van der Waals surface area (Å²) < 4.78 is 40.2. The second kappa shape index (κ2) is 7.94. The summed E-state index contributed by atoms with van der Waals surface area (Å²) in [6.07, 6.45) is 15.7. The summed E-state index contributed by atoms with van der Waals surface area (Å²) in [5.74, 6) is 0.373. The molecule has 0 amide bonds. The highest BCUT2D eigenvalue weighted by Gasteiger charge is 2.34. The van der Waals surface area contributed by atoms with Crippen LogP contribution in [-0.2, 0) is 0 Å². The summed E-state index contributed by atoms with van der Waals surface area (Å²) in [4.78, 5) is 0. The van der Waals surface area contributed by atoms with Crippen molar-refractivity contribution in [1.29, 1.82) is 0 Å². The lowest BCUT2D eigenvalue weighted by molar-refractivity contribution is 0.135. The molecule has 0 atom stereocenters. The molecule has 0 nitrogen and oxygen atoms in total. The zero-order valence-electron chi connectivity index (χ0n) is 15.7. The van der Waals surface area contributed by atoms with Crippen molar-refractivity contribution in [2.75, 3.05) is 0 Å². The van der Waals surface area contributed by atoms with Crippen molar-refractivity contribution in [2.45, 2.75) is 83.0 Å². The zero-order valence-corrected chi connectivity index (χ0v) is 15.7. The van der Waals surface area contributed by atoms with E-state index in [1.165, 1.54) is 63.5 Å². The topological polar surface area (TPSA) is 0 Å². The first kappa shape index (κ1) is 18.4. The van der Waals surface area contributed by atoms with Gasteiger partial charge in [-0.15, -0.1) is 0 Å². The third kappa shape index (κ3) is 3.82. The Labute approximate surface area is 155 Å². The number of hydrogen-bond donors (Lipinski definition) is 0. The highest BCUT2D eigenvalue weighted by molar-refractivity contribution is 5.23. The minimum Gasteiger partial charge on any atom is -0.204 e. The quantitative estimate of drug-likeness (QED) is 0.491. The van der Waals surface area contributed by atoms with Crippen LogP contribution in [0.25, 0.3) is 0 Å². The van der Waals surface area contributed by atoms with Gasteiger partial charge in [0.2, 0.25) is 0 Å². The van der Waals surface area contributed by atoms with E-state index < -0.39 is 17.5 Å². The Morgan fingerprint density at radius 2 is 0.923 bits per heavy atom. The average Bonchev–Trinajstić information content (AvgIpc) is 3.21. The average molecular weight is 364 g/mol. The van der Waals surface area contributed by atoms with Gasteiger partial charge in [0, 0.05) is 0 Å². The second-order valence-electron chi connectivity index (χ2n) is 9.13. The van der Waals surface area contributed by atoms with Gasteiger partial charge in [-0.1, -0.05) is 25.7 Å². The Kier molecular flexibility index (Phi) is 5.61. The molecule has 3 heteroatoms. The summed E-state index contributed by atoms with van der Waals surface area (Å²) in [5.41, 5.74) is 0.643. The number of hydrogen-bond acceptors (Lipinski definition) is 0. The second-order valence-corrected chi connectivity index (χ2v) is 9.13. The summed E-state index contributed by atoms with van der Waals surface area (Å²) in [6, 6.07) is 2.41. The zero-order chi connectivity index (χ0) is 18.1. The molecule has 0 bridgehead atoms. The van der Waals surface area contributed by atoms with Gasteiger partial charge >= 0.3 is 0 Å². The third-order valence-corrected chi connectivity index (χ3v) is 7.80. The smallest absolute Gasteiger partial charge is 0.194 e. The van der Waals surface area contributed by atoms with Crippen molar-refractivity contribution in [1.82, 2.24) is 0 Å². The molecule has 4 rings (SSSR count). The molecule has 3 aliphatic rings. The maximum Gasteiger partial charge on any atom is 0.194 e. The largest absolute Gasteiger partial charge is 0.204 e. The monoisotopic (exact) mass is 364 g/mol. The van der Waals surface area contributed by atoms with Crippen LogP contribution in [0.5, 0.6) is 0 Å². The third-order valence-electron chi connectivity index (χ3n) is 7.80. The predicted octanol–water partition coefficient (Wildman–Crippen LogP) is 7.37. The molecule has 0 aromatic heterocycles. The van der Waals surface area contributed by atoms with Crippen LogP contribution in [0.1, 0.15) is 88.5 Å². The van der Waals surface area contributed by atoms with E-state index in [0.29, 0.717) is 5.56 Å². The fourth-order valence-electron chi connectivity index (χ4n) is 6.25. The Hall–Kier alpha value is -0.990. The fourth-order valence-corrected chi connectivity index (χ4v) is 6.25. The lowest BCUT2D eigenvalue weighted by atomic mass is 9.66. The molecule has 3 saturated carbocycles. The van der Waals surface area contributed by atoms with Gasteiger partial charge in [0.05, 0.1) is 0 Å². The van der Waals surface area contributed by atoms with Gasteiger partial charge < -0.3 is 0 Å². The molecule has 0 spiro atoms. The van der Waals surface area contributed by atoms with Gasteiger partial charge in [0.25, 0.3) is 0 Å². The predicted molar refractivity (Wildman–Crippen MR) is 98.4 cm³/mol. The lowest BCUT2D eigenvalue weighted by Gasteiger charge is -2.39. The van der Waals surface area contributed by atoms with Crippen LogP contribution < -0.4 is 0 Å². The molecule has 144 valence electrons. The highest BCUT2D eigenvalue weighted by Crippen LogP contribution is 2.47. The van der Waals surface area contributed by atoms with Crippen LogP contribution in [0.4, 0.5) is 13.2 Å².